The highest BCUT2D eigenvalue weighted by Gasteiger charge is 2.12. The van der Waals surface area contributed by atoms with Crippen LogP contribution in [0.2, 0.25) is 0 Å². The van der Waals surface area contributed by atoms with Gasteiger partial charge in [0.05, 0.1) is 29.1 Å². The van der Waals surface area contributed by atoms with Gasteiger partial charge < -0.3 is 4.57 Å². The van der Waals surface area contributed by atoms with E-state index in [1.807, 2.05) is 42.7 Å². The lowest BCUT2D eigenvalue weighted by atomic mass is 10.2. The minimum absolute atomic E-state index is 0.741. The van der Waals surface area contributed by atoms with Crippen LogP contribution in [0.3, 0.4) is 0 Å². The number of nitrogens with zero attached hydrogens (tertiary/aromatic N) is 3. The first-order valence-corrected chi connectivity index (χ1v) is 8.28. The van der Waals surface area contributed by atoms with Crippen molar-refractivity contribution >= 4 is 21.8 Å². The van der Waals surface area contributed by atoms with Gasteiger partial charge in [0.2, 0.25) is 0 Å². The van der Waals surface area contributed by atoms with Crippen LogP contribution in [0.5, 0.6) is 0 Å². The second kappa shape index (κ2) is 5.56. The average Bonchev–Trinajstić information content (AvgIpc) is 3.03. The molecule has 0 saturated carbocycles. The van der Waals surface area contributed by atoms with E-state index in [9.17, 15) is 0 Å². The number of aromatic nitrogens is 3. The quantitative estimate of drug-likeness (QED) is 0.445. The minimum atomic E-state index is 0.741. The normalized spacial score (nSPS) is 11.2. The summed E-state index contributed by atoms with van der Waals surface area (Å²) in [6, 6.07) is 26.9. The van der Waals surface area contributed by atoms with Crippen LogP contribution < -0.4 is 0 Å². The van der Waals surface area contributed by atoms with Crippen molar-refractivity contribution in [2.45, 2.75) is 0 Å². The van der Waals surface area contributed by atoms with E-state index in [4.69, 9.17) is 0 Å². The van der Waals surface area contributed by atoms with Crippen LogP contribution in [0, 0.1) is 0 Å². The fraction of sp³-hybridized carbons (Fsp3) is 0. The fourth-order valence-electron chi connectivity index (χ4n) is 3.37. The van der Waals surface area contributed by atoms with Crippen LogP contribution in [-0.4, -0.2) is 14.5 Å². The SMILES string of the molecule is c1ccc(-c2ncc(-n3c4ccccc4c4ccccc43)cn2)cc1. The zero-order valence-corrected chi connectivity index (χ0v) is 13.5. The molecule has 0 saturated heterocycles. The van der Waals surface area contributed by atoms with E-state index in [1.54, 1.807) is 0 Å². The molecule has 0 spiro atoms. The second-order valence-corrected chi connectivity index (χ2v) is 6.00. The van der Waals surface area contributed by atoms with E-state index in [0.29, 0.717) is 0 Å². The molecule has 2 heterocycles. The Kier molecular flexibility index (Phi) is 3.10. The first-order valence-electron chi connectivity index (χ1n) is 8.28. The third-order valence-electron chi connectivity index (χ3n) is 4.51. The molecule has 3 heteroatoms. The third-order valence-corrected chi connectivity index (χ3v) is 4.51. The smallest absolute Gasteiger partial charge is 0.159 e. The van der Waals surface area contributed by atoms with Crippen LogP contribution in [-0.2, 0) is 0 Å². The summed E-state index contributed by atoms with van der Waals surface area (Å²) in [6.07, 6.45) is 3.79. The molecule has 5 aromatic rings. The molecule has 0 radical (unpaired) electrons. The molecule has 0 aliphatic heterocycles. The Bertz CT molecular complexity index is 1120. The highest BCUT2D eigenvalue weighted by molar-refractivity contribution is 6.09. The van der Waals surface area contributed by atoms with Crippen molar-refractivity contribution in [2.24, 2.45) is 0 Å². The summed E-state index contributed by atoms with van der Waals surface area (Å²) in [5.41, 5.74) is 4.33. The summed E-state index contributed by atoms with van der Waals surface area (Å²) in [7, 11) is 0. The van der Waals surface area contributed by atoms with Gasteiger partial charge in [0.25, 0.3) is 0 Å². The zero-order chi connectivity index (χ0) is 16.6. The molecule has 5 rings (SSSR count). The predicted octanol–water partition coefficient (Wildman–Crippen LogP) is 5.24. The lowest BCUT2D eigenvalue weighted by Crippen LogP contribution is -1.97. The Hall–Kier alpha value is -3.46. The second-order valence-electron chi connectivity index (χ2n) is 6.00. The van der Waals surface area contributed by atoms with Crippen molar-refractivity contribution in [1.29, 1.82) is 0 Å². The van der Waals surface area contributed by atoms with Gasteiger partial charge in [0.1, 0.15) is 0 Å². The van der Waals surface area contributed by atoms with E-state index in [1.165, 1.54) is 21.8 Å². The summed E-state index contributed by atoms with van der Waals surface area (Å²) < 4.78 is 2.22. The molecule has 0 amide bonds. The van der Waals surface area contributed by atoms with Crippen LogP contribution in [0.15, 0.2) is 91.3 Å². The molecule has 3 aromatic carbocycles. The van der Waals surface area contributed by atoms with Gasteiger partial charge in [-0.2, -0.15) is 0 Å². The van der Waals surface area contributed by atoms with Crippen molar-refractivity contribution in [3.8, 4) is 17.1 Å². The maximum atomic E-state index is 4.59. The van der Waals surface area contributed by atoms with Crippen molar-refractivity contribution in [2.75, 3.05) is 0 Å². The van der Waals surface area contributed by atoms with E-state index in [-0.39, 0.29) is 0 Å². The summed E-state index contributed by atoms with van der Waals surface area (Å²) >= 11 is 0. The molecule has 0 aliphatic carbocycles. The van der Waals surface area contributed by atoms with Crippen LogP contribution >= 0.6 is 0 Å². The van der Waals surface area contributed by atoms with Gasteiger partial charge in [-0.15, -0.1) is 0 Å². The highest BCUT2D eigenvalue weighted by atomic mass is 15.0. The molecule has 118 valence electrons. The average molecular weight is 321 g/mol. The molecule has 0 N–H and O–H groups in total. The molecule has 25 heavy (non-hydrogen) atoms. The monoisotopic (exact) mass is 321 g/mol. The van der Waals surface area contributed by atoms with Gasteiger partial charge in [0.15, 0.2) is 5.82 Å². The topological polar surface area (TPSA) is 30.7 Å². The molecule has 0 bridgehead atoms. The van der Waals surface area contributed by atoms with Gasteiger partial charge in [0, 0.05) is 16.3 Å². The number of benzene rings is 3. The number of hydrogen-bond donors (Lipinski definition) is 0. The number of rotatable bonds is 2. The largest absolute Gasteiger partial charge is 0.306 e. The van der Waals surface area contributed by atoms with Crippen molar-refractivity contribution < 1.29 is 0 Å². The lowest BCUT2D eigenvalue weighted by Gasteiger charge is -2.07. The summed E-state index contributed by atoms with van der Waals surface area (Å²) in [5.74, 6) is 0.741. The van der Waals surface area contributed by atoms with E-state index in [0.717, 1.165) is 17.1 Å². The first-order chi connectivity index (χ1) is 12.4. The standard InChI is InChI=1S/C22H15N3/c1-2-8-16(9-3-1)22-23-14-17(15-24-22)25-20-12-6-4-10-18(20)19-11-5-7-13-21(19)25/h1-15H. The lowest BCUT2D eigenvalue weighted by molar-refractivity contribution is 1.08. The Morgan fingerprint density at radius 1 is 0.560 bits per heavy atom. The summed E-state index contributed by atoms with van der Waals surface area (Å²) in [6.45, 7) is 0. The molecule has 0 atom stereocenters. The van der Waals surface area contributed by atoms with Crippen LogP contribution in [0.4, 0.5) is 0 Å². The number of para-hydroxylation sites is 2. The Balaban J connectivity index is 1.73. The van der Waals surface area contributed by atoms with E-state index < -0.39 is 0 Å². The van der Waals surface area contributed by atoms with Gasteiger partial charge in [-0.3, -0.25) is 0 Å². The van der Waals surface area contributed by atoms with Crippen molar-refractivity contribution in [3.63, 3.8) is 0 Å². The van der Waals surface area contributed by atoms with Gasteiger partial charge in [-0.25, -0.2) is 9.97 Å². The summed E-state index contributed by atoms with van der Waals surface area (Å²) in [5, 5.41) is 2.48. The third kappa shape index (κ3) is 2.21. The number of hydrogen-bond acceptors (Lipinski definition) is 2. The van der Waals surface area contributed by atoms with Gasteiger partial charge >= 0.3 is 0 Å². The predicted molar refractivity (Wildman–Crippen MR) is 102 cm³/mol. The Morgan fingerprint density at radius 2 is 1.08 bits per heavy atom. The first kappa shape index (κ1) is 13.9. The van der Waals surface area contributed by atoms with Gasteiger partial charge in [-0.05, 0) is 12.1 Å². The minimum Gasteiger partial charge on any atom is -0.306 e. The fourth-order valence-corrected chi connectivity index (χ4v) is 3.37. The highest BCUT2D eigenvalue weighted by Crippen LogP contribution is 2.31. The molecule has 2 aromatic heterocycles. The zero-order valence-electron chi connectivity index (χ0n) is 13.5. The number of fused-ring (bicyclic) bond motifs is 3. The summed E-state index contributed by atoms with van der Waals surface area (Å²) in [4.78, 5) is 9.17. The van der Waals surface area contributed by atoms with Crippen LogP contribution in [0.25, 0.3) is 38.9 Å². The maximum absolute atomic E-state index is 4.59. The van der Waals surface area contributed by atoms with E-state index in [2.05, 4.69) is 63.1 Å². The Labute approximate surface area is 145 Å². The molecule has 0 fully saturated rings. The van der Waals surface area contributed by atoms with Gasteiger partial charge in [-0.1, -0.05) is 66.7 Å². The van der Waals surface area contributed by atoms with Crippen LogP contribution in [0.1, 0.15) is 0 Å². The molecular formula is C22H15N3. The van der Waals surface area contributed by atoms with Crippen molar-refractivity contribution in [1.82, 2.24) is 14.5 Å². The van der Waals surface area contributed by atoms with Crippen molar-refractivity contribution in [3.05, 3.63) is 91.3 Å². The molecule has 3 nitrogen and oxygen atoms in total. The maximum Gasteiger partial charge on any atom is 0.159 e. The van der Waals surface area contributed by atoms with E-state index >= 15 is 0 Å². The Morgan fingerprint density at radius 3 is 1.68 bits per heavy atom. The molecule has 0 aliphatic rings. The molecular weight excluding hydrogens is 306 g/mol. The molecule has 0 unspecified atom stereocenters.